The van der Waals surface area contributed by atoms with Gasteiger partial charge in [0.15, 0.2) is 0 Å². The maximum atomic E-state index is 2.43. The SMILES string of the molecule is CC.Cc1ccc(-c2ccccc2)cc1.Cc1ccc2cc(-c3ccc4c(c3)C(C)(C)c3ccc(-c5ccccc5C)c(C)c3-4)ccc2c1.Cc1ccccc1. The first-order valence-electron chi connectivity index (χ1n) is 20.1. The second kappa shape index (κ2) is 17.7. The molecule has 0 atom stereocenters. The van der Waals surface area contributed by atoms with E-state index in [1.807, 2.05) is 38.1 Å². The van der Waals surface area contributed by atoms with Gasteiger partial charge in [0, 0.05) is 5.41 Å². The van der Waals surface area contributed by atoms with Crippen molar-refractivity contribution in [2.45, 2.75) is 67.7 Å². The van der Waals surface area contributed by atoms with Crippen molar-refractivity contribution in [3.8, 4) is 44.5 Å². The lowest BCUT2D eigenvalue weighted by Crippen LogP contribution is -2.15. The van der Waals surface area contributed by atoms with Crippen LogP contribution in [0.25, 0.3) is 55.3 Å². The molecular weight excluding hydrogens is 673 g/mol. The van der Waals surface area contributed by atoms with E-state index >= 15 is 0 Å². The number of rotatable bonds is 3. The van der Waals surface area contributed by atoms with Crippen molar-refractivity contribution < 1.29 is 0 Å². The van der Waals surface area contributed by atoms with Crippen LogP contribution in [-0.2, 0) is 5.41 Å². The highest BCUT2D eigenvalue weighted by atomic mass is 14.4. The monoisotopic (exact) mass is 728 g/mol. The summed E-state index contributed by atoms with van der Waals surface area (Å²) in [5.41, 5.74) is 20.1. The van der Waals surface area contributed by atoms with Gasteiger partial charge in [-0.1, -0.05) is 208 Å². The summed E-state index contributed by atoms with van der Waals surface area (Å²) in [6, 6.07) is 63.3. The zero-order chi connectivity index (χ0) is 39.8. The van der Waals surface area contributed by atoms with Crippen LogP contribution < -0.4 is 0 Å². The Balaban J connectivity index is 0.000000197. The first-order chi connectivity index (χ1) is 27.1. The first kappa shape index (κ1) is 39.7. The highest BCUT2D eigenvalue weighted by Crippen LogP contribution is 2.52. The normalized spacial score (nSPS) is 11.8. The molecule has 0 bridgehead atoms. The molecule has 0 heterocycles. The molecule has 0 N–H and O–H groups in total. The van der Waals surface area contributed by atoms with E-state index in [2.05, 4.69) is 200 Å². The highest BCUT2D eigenvalue weighted by molar-refractivity contribution is 5.92. The van der Waals surface area contributed by atoms with Crippen LogP contribution in [0.3, 0.4) is 0 Å². The Kier molecular flexibility index (Phi) is 12.5. The van der Waals surface area contributed by atoms with Crippen molar-refractivity contribution in [3.05, 3.63) is 215 Å². The van der Waals surface area contributed by atoms with Gasteiger partial charge in [0.1, 0.15) is 0 Å². The summed E-state index contributed by atoms with van der Waals surface area (Å²) in [5, 5.41) is 2.60. The van der Waals surface area contributed by atoms with Gasteiger partial charge < -0.3 is 0 Å². The van der Waals surface area contributed by atoms with Crippen molar-refractivity contribution >= 4 is 10.8 Å². The van der Waals surface area contributed by atoms with E-state index in [1.54, 1.807) is 0 Å². The van der Waals surface area contributed by atoms with Gasteiger partial charge in [-0.3, -0.25) is 0 Å². The van der Waals surface area contributed by atoms with E-state index in [0.29, 0.717) is 0 Å². The summed E-state index contributed by atoms with van der Waals surface area (Å²) in [6.07, 6.45) is 0. The largest absolute Gasteiger partial charge is 0.0683 e. The summed E-state index contributed by atoms with van der Waals surface area (Å²) in [5.74, 6) is 0. The lowest BCUT2D eigenvalue weighted by atomic mass is 9.80. The fourth-order valence-electron chi connectivity index (χ4n) is 7.81. The molecule has 0 saturated carbocycles. The fourth-order valence-corrected chi connectivity index (χ4v) is 7.81. The van der Waals surface area contributed by atoms with Crippen LogP contribution in [0.5, 0.6) is 0 Å². The quantitative estimate of drug-likeness (QED) is 0.170. The van der Waals surface area contributed by atoms with E-state index in [9.17, 15) is 0 Å². The van der Waals surface area contributed by atoms with E-state index in [1.165, 1.54) is 94.2 Å². The Morgan fingerprint density at radius 3 is 1.50 bits per heavy atom. The second-order valence-electron chi connectivity index (χ2n) is 15.3. The molecule has 0 radical (unpaired) electrons. The van der Waals surface area contributed by atoms with E-state index in [4.69, 9.17) is 0 Å². The third-order valence-electron chi connectivity index (χ3n) is 11.0. The zero-order valence-corrected chi connectivity index (χ0v) is 34.7. The summed E-state index contributed by atoms with van der Waals surface area (Å²) < 4.78 is 0. The number of hydrogen-bond donors (Lipinski definition) is 0. The molecule has 1 aliphatic carbocycles. The molecule has 0 heteroatoms. The van der Waals surface area contributed by atoms with Crippen LogP contribution in [-0.4, -0.2) is 0 Å². The minimum atomic E-state index is -0.0241. The maximum absolute atomic E-state index is 2.43. The van der Waals surface area contributed by atoms with Gasteiger partial charge in [-0.05, 0) is 124 Å². The minimum Gasteiger partial charge on any atom is -0.0683 e. The van der Waals surface area contributed by atoms with Crippen LogP contribution in [0.4, 0.5) is 0 Å². The molecule has 0 fully saturated rings. The molecule has 0 aliphatic heterocycles. The van der Waals surface area contributed by atoms with Crippen molar-refractivity contribution in [2.75, 3.05) is 0 Å². The molecule has 0 saturated heterocycles. The molecule has 0 spiro atoms. The Bertz CT molecular complexity index is 2530. The van der Waals surface area contributed by atoms with E-state index in [-0.39, 0.29) is 5.41 Å². The molecular formula is C56H56. The van der Waals surface area contributed by atoms with Gasteiger partial charge >= 0.3 is 0 Å². The maximum Gasteiger partial charge on any atom is 0.0159 e. The van der Waals surface area contributed by atoms with Crippen molar-refractivity contribution in [1.29, 1.82) is 0 Å². The molecule has 0 unspecified atom stereocenters. The van der Waals surface area contributed by atoms with Gasteiger partial charge in [0.2, 0.25) is 0 Å². The Hall–Kier alpha value is -5.98. The summed E-state index contributed by atoms with van der Waals surface area (Å²) in [7, 11) is 0. The summed E-state index contributed by atoms with van der Waals surface area (Å²) in [4.78, 5) is 0. The Labute approximate surface area is 336 Å². The first-order valence-corrected chi connectivity index (χ1v) is 20.1. The molecule has 8 aromatic carbocycles. The molecule has 0 aromatic heterocycles. The van der Waals surface area contributed by atoms with Gasteiger partial charge in [-0.25, -0.2) is 0 Å². The number of benzene rings is 8. The third kappa shape index (κ3) is 8.61. The van der Waals surface area contributed by atoms with Crippen molar-refractivity contribution in [1.82, 2.24) is 0 Å². The van der Waals surface area contributed by atoms with E-state index in [0.717, 1.165) is 0 Å². The average molecular weight is 729 g/mol. The second-order valence-corrected chi connectivity index (χ2v) is 15.3. The van der Waals surface area contributed by atoms with E-state index < -0.39 is 0 Å². The van der Waals surface area contributed by atoms with Crippen LogP contribution in [0.2, 0.25) is 0 Å². The van der Waals surface area contributed by atoms with Crippen LogP contribution >= 0.6 is 0 Å². The zero-order valence-electron chi connectivity index (χ0n) is 34.7. The van der Waals surface area contributed by atoms with Crippen molar-refractivity contribution in [3.63, 3.8) is 0 Å². The molecule has 8 aromatic rings. The average Bonchev–Trinajstić information content (AvgIpc) is 3.46. The molecule has 1 aliphatic rings. The predicted octanol–water partition coefficient (Wildman–Crippen LogP) is 16.1. The van der Waals surface area contributed by atoms with Gasteiger partial charge in [-0.15, -0.1) is 0 Å². The van der Waals surface area contributed by atoms with Crippen LogP contribution in [0, 0.1) is 34.6 Å². The van der Waals surface area contributed by atoms with Crippen LogP contribution in [0.1, 0.15) is 66.6 Å². The summed E-state index contributed by atoms with van der Waals surface area (Å²) in [6.45, 7) is 19.6. The number of aryl methyl sites for hydroxylation is 4. The lowest BCUT2D eigenvalue weighted by Gasteiger charge is -2.23. The third-order valence-corrected chi connectivity index (χ3v) is 11.0. The Morgan fingerprint density at radius 2 is 0.839 bits per heavy atom. The smallest absolute Gasteiger partial charge is 0.0159 e. The van der Waals surface area contributed by atoms with Gasteiger partial charge in [0.05, 0.1) is 0 Å². The molecule has 0 amide bonds. The minimum absolute atomic E-state index is 0.0241. The topological polar surface area (TPSA) is 0 Å². The van der Waals surface area contributed by atoms with Gasteiger partial charge in [-0.2, -0.15) is 0 Å². The highest BCUT2D eigenvalue weighted by Gasteiger charge is 2.37. The molecule has 56 heavy (non-hydrogen) atoms. The fraction of sp³-hybridized carbons (Fsp3) is 0.179. The summed E-state index contributed by atoms with van der Waals surface area (Å²) >= 11 is 0. The number of fused-ring (bicyclic) bond motifs is 4. The van der Waals surface area contributed by atoms with Crippen LogP contribution in [0.15, 0.2) is 176 Å². The standard InChI is InChI=1S/C34H30.C13H12.C7H8.C2H6/c1-21-10-11-25-19-26(13-12-24(25)18-21)27-14-15-30-32(20-27)34(4,5)31-17-16-29(23(3)33(30)31)28-9-7-6-8-22(28)2;1-11-7-9-13(10-8-11)12-5-3-2-4-6-12;1-7-5-3-2-4-6-7;1-2/h6-20H,1-5H3;2-10H,1H3;2-6H,1H3;1-2H3. The molecule has 9 rings (SSSR count). The molecule has 0 nitrogen and oxygen atoms in total. The van der Waals surface area contributed by atoms with Gasteiger partial charge in [0.25, 0.3) is 0 Å². The molecule has 280 valence electrons. The Morgan fingerprint density at radius 1 is 0.339 bits per heavy atom. The lowest BCUT2D eigenvalue weighted by molar-refractivity contribution is 0.660. The predicted molar refractivity (Wildman–Crippen MR) is 246 cm³/mol. The number of hydrogen-bond acceptors (Lipinski definition) is 0. The van der Waals surface area contributed by atoms with Crippen molar-refractivity contribution in [2.24, 2.45) is 0 Å².